The van der Waals surface area contributed by atoms with Gasteiger partial charge in [-0.3, -0.25) is 14.4 Å². The number of likely N-dealkylation sites (tertiary alicyclic amines) is 1. The van der Waals surface area contributed by atoms with E-state index < -0.39 is 41.1 Å². The van der Waals surface area contributed by atoms with Gasteiger partial charge in [0.05, 0.1) is 32.3 Å². The van der Waals surface area contributed by atoms with Crippen LogP contribution in [-0.4, -0.2) is 77.9 Å². The molecule has 0 bridgehead atoms. The molecule has 6 rings (SSSR count). The lowest BCUT2D eigenvalue weighted by molar-refractivity contribution is -0.161. The number of methoxy groups -OCH3 is 1. The molecule has 4 aliphatic rings. The average Bonchev–Trinajstić information content (AvgIpc) is 3.42. The van der Waals surface area contributed by atoms with Crippen LogP contribution in [0.2, 0.25) is 0 Å². The van der Waals surface area contributed by atoms with Gasteiger partial charge in [-0.15, -0.1) is 0 Å². The van der Waals surface area contributed by atoms with Crippen LogP contribution in [0, 0.1) is 11.8 Å². The number of amides is 2. The fourth-order valence-corrected chi connectivity index (χ4v) is 7.34. The summed E-state index contributed by atoms with van der Waals surface area (Å²) in [4.78, 5) is 46.4. The minimum absolute atomic E-state index is 0.244. The molecule has 2 aromatic carbocycles. The number of benzene rings is 2. The van der Waals surface area contributed by atoms with Crippen LogP contribution in [0.4, 0.5) is 5.69 Å². The first-order valence-electron chi connectivity index (χ1n) is 15.0. The fourth-order valence-electron chi connectivity index (χ4n) is 7.34. The Morgan fingerprint density at radius 2 is 1.77 bits per heavy atom. The summed E-state index contributed by atoms with van der Waals surface area (Å²) in [5, 5.41) is 10.7. The number of esters is 1. The molecule has 2 amide bonds. The highest BCUT2D eigenvalue weighted by Gasteiger charge is 2.76. The summed E-state index contributed by atoms with van der Waals surface area (Å²) < 4.78 is 18.0. The van der Waals surface area contributed by atoms with Gasteiger partial charge in [0.15, 0.2) is 0 Å². The number of carbonyl (C=O) groups is 3. The minimum Gasteiger partial charge on any atom is -0.497 e. The largest absolute Gasteiger partial charge is 0.497 e. The molecule has 0 saturated carbocycles. The highest BCUT2D eigenvalue weighted by Crippen LogP contribution is 2.58. The van der Waals surface area contributed by atoms with Crippen LogP contribution >= 0.6 is 0 Å². The maximum atomic E-state index is 14.8. The van der Waals surface area contributed by atoms with Crippen molar-refractivity contribution < 1.29 is 33.7 Å². The lowest BCUT2D eigenvalue weighted by Gasteiger charge is -2.40. The molecule has 2 fully saturated rings. The first kappa shape index (κ1) is 29.1. The van der Waals surface area contributed by atoms with Crippen LogP contribution in [0.25, 0.3) is 0 Å². The standard InChI is InChI=1S/C34H38N2O7/c1-3-33-17-8-5-9-20-42-32(40)28(33)27-30(38)36(25(22-37)21-23-11-6-4-7-12-23)29-31(39)35(19-10-18-34(27,29)43-33)24-13-15-26(41-2)16-14-24/h4,6-8,10-18,25,27-29,37H,3,5,9,19-22H2,1-2H3/b17-8-/t25-,27+,28-,29?,33+,34+/m1/s1. The monoisotopic (exact) mass is 586 g/mol. The number of aliphatic hydroxyl groups excluding tert-OH is 1. The Hall–Kier alpha value is -3.95. The number of rotatable bonds is 7. The molecular weight excluding hydrogens is 548 g/mol. The molecule has 226 valence electrons. The van der Waals surface area contributed by atoms with Crippen molar-refractivity contribution in [1.82, 2.24) is 4.90 Å². The van der Waals surface area contributed by atoms with Crippen molar-refractivity contribution in [3.05, 3.63) is 84.5 Å². The molecule has 9 heteroatoms. The third-order valence-corrected chi connectivity index (χ3v) is 9.37. The van der Waals surface area contributed by atoms with Crippen molar-refractivity contribution in [1.29, 1.82) is 0 Å². The normalized spacial score (nSPS) is 31.6. The molecule has 9 nitrogen and oxygen atoms in total. The SMILES string of the molecule is CC[C@]12/C=C\CCCOC(=O)[C@H]1[C@H]1C(=O)N([C@@H](CO)Cc3ccccc3)C3C(=O)N(c4ccc(OC)cc4)CC=C[C@@]31O2. The van der Waals surface area contributed by atoms with Gasteiger partial charge in [0, 0.05) is 12.2 Å². The number of anilines is 1. The smallest absolute Gasteiger partial charge is 0.313 e. The van der Waals surface area contributed by atoms with Crippen LogP contribution in [0.3, 0.4) is 0 Å². The molecule has 0 aromatic heterocycles. The van der Waals surface area contributed by atoms with Crippen LogP contribution in [0.15, 0.2) is 78.9 Å². The van der Waals surface area contributed by atoms with E-state index in [4.69, 9.17) is 14.2 Å². The Bertz CT molecular complexity index is 1420. The second-order valence-electron chi connectivity index (χ2n) is 11.7. The van der Waals surface area contributed by atoms with Gasteiger partial charge in [0.2, 0.25) is 5.91 Å². The van der Waals surface area contributed by atoms with Gasteiger partial charge in [-0.2, -0.15) is 0 Å². The summed E-state index contributed by atoms with van der Waals surface area (Å²) in [5.41, 5.74) is -1.02. The quantitative estimate of drug-likeness (QED) is 0.391. The van der Waals surface area contributed by atoms with E-state index in [-0.39, 0.29) is 31.6 Å². The number of cyclic esters (lactones) is 1. The second kappa shape index (κ2) is 11.6. The second-order valence-corrected chi connectivity index (χ2v) is 11.7. The zero-order valence-electron chi connectivity index (χ0n) is 24.6. The maximum absolute atomic E-state index is 14.8. The Morgan fingerprint density at radius 3 is 2.47 bits per heavy atom. The van der Waals surface area contributed by atoms with Crippen LogP contribution in [-0.2, 0) is 30.3 Å². The zero-order chi connectivity index (χ0) is 30.2. The van der Waals surface area contributed by atoms with Gasteiger partial charge in [-0.05, 0) is 55.5 Å². The molecular formula is C34H38N2O7. The number of carbonyl (C=O) groups excluding carboxylic acids is 3. The van der Waals surface area contributed by atoms with E-state index in [2.05, 4.69) is 0 Å². The summed E-state index contributed by atoms with van der Waals surface area (Å²) in [6, 6.07) is 14.9. The Labute approximate surface area is 251 Å². The summed E-state index contributed by atoms with van der Waals surface area (Å²) in [7, 11) is 1.58. The first-order valence-corrected chi connectivity index (χ1v) is 15.0. The lowest BCUT2D eigenvalue weighted by Crippen LogP contribution is -2.59. The van der Waals surface area contributed by atoms with Gasteiger partial charge in [-0.1, -0.05) is 61.6 Å². The molecule has 2 saturated heterocycles. The molecule has 0 radical (unpaired) electrons. The number of fused-ring (bicyclic) bond motifs is 2. The summed E-state index contributed by atoms with van der Waals surface area (Å²) in [6.07, 6.45) is 9.68. The fraction of sp³-hybridized carbons (Fsp3) is 0.441. The third kappa shape index (κ3) is 4.75. The van der Waals surface area contributed by atoms with Crippen molar-refractivity contribution >= 4 is 23.5 Å². The minimum atomic E-state index is -1.44. The predicted octanol–water partition coefficient (Wildman–Crippen LogP) is 3.46. The molecule has 1 N–H and O–H groups in total. The van der Waals surface area contributed by atoms with Gasteiger partial charge < -0.3 is 29.1 Å². The van der Waals surface area contributed by atoms with Gasteiger partial charge in [0.1, 0.15) is 28.9 Å². The molecule has 0 aliphatic carbocycles. The highest BCUT2D eigenvalue weighted by atomic mass is 16.6. The zero-order valence-corrected chi connectivity index (χ0v) is 24.6. The summed E-state index contributed by atoms with van der Waals surface area (Å²) >= 11 is 0. The molecule has 1 unspecified atom stereocenters. The van der Waals surface area contributed by atoms with Crippen LogP contribution in [0.1, 0.15) is 31.7 Å². The maximum Gasteiger partial charge on any atom is 0.313 e. The van der Waals surface area contributed by atoms with Crippen molar-refractivity contribution in [2.75, 3.05) is 31.8 Å². The average molecular weight is 587 g/mol. The molecule has 1 spiro atoms. The first-order chi connectivity index (χ1) is 20.9. The van der Waals surface area contributed by atoms with E-state index >= 15 is 0 Å². The van der Waals surface area contributed by atoms with E-state index in [1.54, 1.807) is 36.3 Å². The van der Waals surface area contributed by atoms with E-state index in [0.29, 0.717) is 37.1 Å². The van der Waals surface area contributed by atoms with Crippen molar-refractivity contribution in [3.63, 3.8) is 0 Å². The highest BCUT2D eigenvalue weighted by molar-refractivity contribution is 6.05. The number of ether oxygens (including phenoxy) is 3. The van der Waals surface area contributed by atoms with Crippen LogP contribution in [0.5, 0.6) is 5.75 Å². The predicted molar refractivity (Wildman–Crippen MR) is 159 cm³/mol. The van der Waals surface area contributed by atoms with Crippen LogP contribution < -0.4 is 9.64 Å². The molecule has 2 aromatic rings. The van der Waals surface area contributed by atoms with E-state index in [9.17, 15) is 19.5 Å². The summed E-state index contributed by atoms with van der Waals surface area (Å²) in [5.74, 6) is -2.53. The number of aliphatic hydroxyl groups is 1. The van der Waals surface area contributed by atoms with E-state index in [1.165, 1.54) is 4.90 Å². The van der Waals surface area contributed by atoms with Crippen molar-refractivity contribution in [2.24, 2.45) is 11.8 Å². The number of nitrogens with zero attached hydrogens (tertiary/aromatic N) is 2. The number of hydrogen-bond donors (Lipinski definition) is 1. The van der Waals surface area contributed by atoms with Crippen molar-refractivity contribution in [3.8, 4) is 5.75 Å². The molecule has 4 aliphatic heterocycles. The third-order valence-electron chi connectivity index (χ3n) is 9.37. The number of hydrogen-bond acceptors (Lipinski definition) is 7. The van der Waals surface area contributed by atoms with Gasteiger partial charge in [0.25, 0.3) is 5.91 Å². The lowest BCUT2D eigenvalue weighted by atomic mass is 9.73. The Morgan fingerprint density at radius 1 is 1.00 bits per heavy atom. The molecule has 6 atom stereocenters. The molecule has 43 heavy (non-hydrogen) atoms. The topological polar surface area (TPSA) is 106 Å². The molecule has 4 heterocycles. The van der Waals surface area contributed by atoms with E-state index in [1.807, 2.05) is 61.6 Å². The van der Waals surface area contributed by atoms with Crippen molar-refractivity contribution in [2.45, 2.75) is 55.9 Å². The summed E-state index contributed by atoms with van der Waals surface area (Å²) in [6.45, 7) is 2.05. The number of allylic oxidation sites excluding steroid dienone is 1. The Balaban J connectivity index is 1.50. The van der Waals surface area contributed by atoms with E-state index in [0.717, 1.165) is 5.56 Å². The van der Waals surface area contributed by atoms with Gasteiger partial charge in [-0.25, -0.2) is 0 Å². The Kier molecular flexibility index (Phi) is 7.87. The van der Waals surface area contributed by atoms with Gasteiger partial charge >= 0.3 is 5.97 Å².